The fourth-order valence-electron chi connectivity index (χ4n) is 4.14. The molecular formula is C19H30N2O4. The minimum absolute atomic E-state index is 0.00331. The summed E-state index contributed by atoms with van der Waals surface area (Å²) in [6.45, 7) is 3.92. The SMILES string of the molecule is CC(C)C[C@H](N)[C@](O)(CC1C=C(OC2C[C@@H]3C[C@@H]3C2)C=CN1)C(=O)O. The van der Waals surface area contributed by atoms with Gasteiger partial charge in [0.2, 0.25) is 0 Å². The van der Waals surface area contributed by atoms with E-state index >= 15 is 0 Å². The number of hydrogen-bond donors (Lipinski definition) is 4. The molecule has 25 heavy (non-hydrogen) atoms. The molecule has 0 aromatic heterocycles. The van der Waals surface area contributed by atoms with Crippen molar-refractivity contribution in [3.63, 3.8) is 0 Å². The van der Waals surface area contributed by atoms with Gasteiger partial charge in [0, 0.05) is 18.7 Å². The van der Waals surface area contributed by atoms with Crippen LogP contribution in [0.3, 0.4) is 0 Å². The fraction of sp³-hybridized carbons (Fsp3) is 0.737. The third-order valence-electron chi connectivity index (χ3n) is 5.67. The lowest BCUT2D eigenvalue weighted by Gasteiger charge is -2.34. The Kier molecular flexibility index (Phi) is 5.11. The number of carbonyl (C=O) groups is 1. The Labute approximate surface area is 149 Å². The van der Waals surface area contributed by atoms with Gasteiger partial charge in [-0.25, -0.2) is 4.79 Å². The van der Waals surface area contributed by atoms with E-state index in [1.807, 2.05) is 26.0 Å². The minimum Gasteiger partial charge on any atom is -0.491 e. The second-order valence-corrected chi connectivity index (χ2v) is 8.31. The van der Waals surface area contributed by atoms with Crippen LogP contribution in [-0.2, 0) is 9.53 Å². The maximum Gasteiger partial charge on any atom is 0.337 e. The van der Waals surface area contributed by atoms with Crippen LogP contribution in [0.1, 0.15) is 46.0 Å². The van der Waals surface area contributed by atoms with Crippen LogP contribution < -0.4 is 11.1 Å². The molecule has 1 heterocycles. The van der Waals surface area contributed by atoms with E-state index in [4.69, 9.17) is 10.5 Å². The van der Waals surface area contributed by atoms with Gasteiger partial charge in [0.25, 0.3) is 0 Å². The van der Waals surface area contributed by atoms with Crippen molar-refractivity contribution in [3.8, 4) is 0 Å². The van der Waals surface area contributed by atoms with E-state index in [-0.39, 0.29) is 24.5 Å². The predicted octanol–water partition coefficient (Wildman–Crippen LogP) is 1.75. The quantitative estimate of drug-likeness (QED) is 0.532. The molecule has 0 radical (unpaired) electrons. The van der Waals surface area contributed by atoms with E-state index in [1.165, 1.54) is 6.42 Å². The largest absolute Gasteiger partial charge is 0.491 e. The lowest BCUT2D eigenvalue weighted by Crippen LogP contribution is -2.57. The highest BCUT2D eigenvalue weighted by molar-refractivity contribution is 5.78. The molecule has 0 spiro atoms. The van der Waals surface area contributed by atoms with Crippen molar-refractivity contribution >= 4 is 5.97 Å². The molecule has 6 nitrogen and oxygen atoms in total. The van der Waals surface area contributed by atoms with Gasteiger partial charge >= 0.3 is 5.97 Å². The maximum atomic E-state index is 11.7. The number of aliphatic carboxylic acids is 1. The monoisotopic (exact) mass is 350 g/mol. The van der Waals surface area contributed by atoms with Crippen LogP contribution in [0.25, 0.3) is 0 Å². The van der Waals surface area contributed by atoms with Crippen LogP contribution >= 0.6 is 0 Å². The first-order chi connectivity index (χ1) is 11.8. The van der Waals surface area contributed by atoms with Crippen molar-refractivity contribution in [2.24, 2.45) is 23.5 Å². The van der Waals surface area contributed by atoms with Crippen molar-refractivity contribution in [1.82, 2.24) is 5.32 Å². The van der Waals surface area contributed by atoms with Crippen molar-refractivity contribution in [2.45, 2.75) is 69.7 Å². The summed E-state index contributed by atoms with van der Waals surface area (Å²) in [6, 6.07) is -1.15. The smallest absolute Gasteiger partial charge is 0.337 e. The molecule has 140 valence electrons. The zero-order valence-electron chi connectivity index (χ0n) is 15.0. The van der Waals surface area contributed by atoms with Crippen LogP contribution in [0, 0.1) is 17.8 Å². The highest BCUT2D eigenvalue weighted by Crippen LogP contribution is 2.53. The van der Waals surface area contributed by atoms with E-state index in [0.29, 0.717) is 6.42 Å². The predicted molar refractivity (Wildman–Crippen MR) is 94.5 cm³/mol. The number of fused-ring (bicyclic) bond motifs is 1. The van der Waals surface area contributed by atoms with Gasteiger partial charge < -0.3 is 26.0 Å². The van der Waals surface area contributed by atoms with E-state index in [0.717, 1.165) is 30.4 Å². The Morgan fingerprint density at radius 2 is 2.08 bits per heavy atom. The van der Waals surface area contributed by atoms with E-state index in [9.17, 15) is 15.0 Å². The van der Waals surface area contributed by atoms with E-state index in [2.05, 4.69) is 5.32 Å². The number of rotatable bonds is 8. The van der Waals surface area contributed by atoms with Crippen molar-refractivity contribution in [3.05, 3.63) is 24.1 Å². The Morgan fingerprint density at radius 3 is 2.68 bits per heavy atom. The number of ether oxygens (including phenoxy) is 1. The molecule has 2 aliphatic carbocycles. The molecule has 1 aliphatic heterocycles. The molecule has 6 heteroatoms. The third kappa shape index (κ3) is 4.18. The normalized spacial score (nSPS) is 33.9. The zero-order chi connectivity index (χ0) is 18.2. The fourth-order valence-corrected chi connectivity index (χ4v) is 4.14. The molecule has 2 fully saturated rings. The Bertz CT molecular complexity index is 564. The van der Waals surface area contributed by atoms with Crippen LogP contribution in [0.5, 0.6) is 0 Å². The molecule has 0 saturated heterocycles. The van der Waals surface area contributed by atoms with Gasteiger partial charge in [-0.1, -0.05) is 13.8 Å². The van der Waals surface area contributed by atoms with Crippen LogP contribution in [-0.4, -0.2) is 40.0 Å². The molecule has 3 rings (SSSR count). The standard InChI is InChI=1S/C19H30N2O4/c1-11(2)5-17(20)19(24,18(22)23)10-14-9-15(3-4-21-14)25-16-7-12-6-13(12)8-16/h3-4,9,11-14,16-17,21,24H,5-8,10,20H2,1-2H3,(H,22,23)/t12-,13+,14?,16?,17-,19+/m0/s1. The first-order valence-electron chi connectivity index (χ1n) is 9.30. The summed E-state index contributed by atoms with van der Waals surface area (Å²) in [5.41, 5.74) is 4.06. The first-order valence-corrected chi connectivity index (χ1v) is 9.30. The Balaban J connectivity index is 1.62. The Morgan fingerprint density at radius 1 is 1.40 bits per heavy atom. The van der Waals surface area contributed by atoms with Gasteiger partial charge in [0.05, 0.1) is 12.1 Å². The lowest BCUT2D eigenvalue weighted by atomic mass is 9.83. The minimum atomic E-state index is -1.97. The van der Waals surface area contributed by atoms with Gasteiger partial charge in [-0.05, 0) is 55.6 Å². The second-order valence-electron chi connectivity index (χ2n) is 8.31. The van der Waals surface area contributed by atoms with Gasteiger partial charge in [0.1, 0.15) is 5.76 Å². The molecule has 0 aromatic rings. The van der Waals surface area contributed by atoms with Crippen molar-refractivity contribution in [1.29, 1.82) is 0 Å². The summed E-state index contributed by atoms with van der Waals surface area (Å²) in [5, 5.41) is 23.4. The number of allylic oxidation sites excluding steroid dienone is 1. The summed E-state index contributed by atoms with van der Waals surface area (Å²) in [6.07, 6.45) is 9.77. The topological polar surface area (TPSA) is 105 Å². The first kappa shape index (κ1) is 18.3. The van der Waals surface area contributed by atoms with Gasteiger partial charge in [-0.2, -0.15) is 0 Å². The molecule has 0 aromatic carbocycles. The molecule has 3 aliphatic rings. The molecule has 6 atom stereocenters. The van der Waals surface area contributed by atoms with Gasteiger partial charge in [0.15, 0.2) is 5.60 Å². The number of nitrogens with two attached hydrogens (primary N) is 1. The maximum absolute atomic E-state index is 11.7. The van der Waals surface area contributed by atoms with Crippen LogP contribution in [0.2, 0.25) is 0 Å². The molecule has 5 N–H and O–H groups in total. The average Bonchev–Trinajstić information content (AvgIpc) is 3.13. The molecule has 2 saturated carbocycles. The van der Waals surface area contributed by atoms with E-state index < -0.39 is 17.6 Å². The summed E-state index contributed by atoms with van der Waals surface area (Å²) in [4.78, 5) is 11.7. The number of dihydropyridines is 1. The molecular weight excluding hydrogens is 320 g/mol. The van der Waals surface area contributed by atoms with Crippen molar-refractivity contribution < 1.29 is 19.7 Å². The number of carboxylic acids is 1. The lowest BCUT2D eigenvalue weighted by molar-refractivity contribution is -0.162. The van der Waals surface area contributed by atoms with Crippen molar-refractivity contribution in [2.75, 3.05) is 0 Å². The zero-order valence-corrected chi connectivity index (χ0v) is 15.0. The number of hydrogen-bond acceptors (Lipinski definition) is 5. The van der Waals surface area contributed by atoms with Gasteiger partial charge in [-0.3, -0.25) is 0 Å². The summed E-state index contributed by atoms with van der Waals surface area (Å²) in [7, 11) is 0. The number of aliphatic hydroxyl groups is 1. The second kappa shape index (κ2) is 7.00. The molecule has 2 unspecified atom stereocenters. The highest BCUT2D eigenvalue weighted by atomic mass is 16.5. The van der Waals surface area contributed by atoms with Crippen LogP contribution in [0.4, 0.5) is 0 Å². The van der Waals surface area contributed by atoms with Gasteiger partial charge in [-0.15, -0.1) is 0 Å². The number of nitrogens with one attached hydrogen (secondary N) is 1. The molecule has 0 amide bonds. The summed E-state index contributed by atoms with van der Waals surface area (Å²) < 4.78 is 6.06. The average molecular weight is 350 g/mol. The summed E-state index contributed by atoms with van der Waals surface area (Å²) in [5.74, 6) is 1.38. The van der Waals surface area contributed by atoms with E-state index in [1.54, 1.807) is 6.20 Å². The molecule has 0 bridgehead atoms. The third-order valence-corrected chi connectivity index (χ3v) is 5.67. The summed E-state index contributed by atoms with van der Waals surface area (Å²) >= 11 is 0. The highest BCUT2D eigenvalue weighted by Gasteiger charge is 2.47. The van der Waals surface area contributed by atoms with Crippen LogP contribution in [0.15, 0.2) is 24.1 Å². The number of carboxylic acid groups (broad SMARTS) is 1. The Hall–Kier alpha value is -1.53.